The van der Waals surface area contributed by atoms with Crippen molar-refractivity contribution in [3.63, 3.8) is 0 Å². The molecule has 0 bridgehead atoms. The molecule has 1 fully saturated rings. The van der Waals surface area contributed by atoms with Crippen LogP contribution in [0.1, 0.15) is 12.8 Å². The highest BCUT2D eigenvalue weighted by molar-refractivity contribution is 6.28. The van der Waals surface area contributed by atoms with Gasteiger partial charge in [0, 0.05) is 20.2 Å². The van der Waals surface area contributed by atoms with Crippen LogP contribution in [-0.4, -0.2) is 36.3 Å². The van der Waals surface area contributed by atoms with E-state index in [0.29, 0.717) is 11.5 Å². The second-order valence-electron chi connectivity index (χ2n) is 3.93. The van der Waals surface area contributed by atoms with Gasteiger partial charge < -0.3 is 15.4 Å². The van der Waals surface area contributed by atoms with Crippen molar-refractivity contribution in [2.45, 2.75) is 18.9 Å². The van der Waals surface area contributed by atoms with Gasteiger partial charge in [-0.1, -0.05) is 0 Å². The number of hydrogen-bond donors (Lipinski definition) is 1. The van der Waals surface area contributed by atoms with Crippen LogP contribution in [0, 0.1) is 0 Å². The van der Waals surface area contributed by atoms with Crippen molar-refractivity contribution in [1.29, 1.82) is 0 Å². The minimum Gasteiger partial charge on any atom is -0.394 e. The fraction of sp³-hybridized carbons (Fsp3) is 0.600. The summed E-state index contributed by atoms with van der Waals surface area (Å²) < 4.78 is 5.56. The normalized spacial score (nSPS) is 20.0. The zero-order valence-electron chi connectivity index (χ0n) is 9.19. The van der Waals surface area contributed by atoms with E-state index in [2.05, 4.69) is 9.97 Å². The first-order valence-corrected chi connectivity index (χ1v) is 5.65. The number of rotatable bonds is 3. The third-order valence-corrected chi connectivity index (χ3v) is 2.81. The maximum absolute atomic E-state index is 5.80. The molecule has 0 aromatic carbocycles. The number of ether oxygens (including phenoxy) is 1. The van der Waals surface area contributed by atoms with Crippen LogP contribution in [0.15, 0.2) is 6.20 Å². The lowest BCUT2D eigenvalue weighted by molar-refractivity contribution is 0.116. The molecule has 1 unspecified atom stereocenters. The Bertz CT molecular complexity index is 368. The zero-order valence-corrected chi connectivity index (χ0v) is 9.94. The predicted molar refractivity (Wildman–Crippen MR) is 63.7 cm³/mol. The first-order chi connectivity index (χ1) is 7.66. The molecule has 0 aliphatic carbocycles. The van der Waals surface area contributed by atoms with Gasteiger partial charge in [-0.15, -0.1) is 0 Å². The quantitative estimate of drug-likeness (QED) is 0.810. The lowest BCUT2D eigenvalue weighted by Crippen LogP contribution is -2.29. The van der Waals surface area contributed by atoms with Crippen molar-refractivity contribution in [1.82, 2.24) is 9.97 Å². The minimum atomic E-state index is 0.211. The second kappa shape index (κ2) is 4.84. The molecule has 0 radical (unpaired) electrons. The third-order valence-electron chi connectivity index (χ3n) is 2.63. The molecular formula is C10H15ClN4O. The number of halogens is 1. The van der Waals surface area contributed by atoms with Gasteiger partial charge in [-0.2, -0.15) is 4.98 Å². The van der Waals surface area contributed by atoms with Gasteiger partial charge in [0.05, 0.1) is 18.0 Å². The fourth-order valence-corrected chi connectivity index (χ4v) is 1.98. The van der Waals surface area contributed by atoms with Crippen molar-refractivity contribution < 1.29 is 4.74 Å². The molecular weight excluding hydrogens is 228 g/mol. The average molecular weight is 243 g/mol. The zero-order chi connectivity index (χ0) is 11.5. The van der Waals surface area contributed by atoms with Crippen molar-refractivity contribution >= 4 is 23.1 Å². The average Bonchev–Trinajstić information content (AvgIpc) is 2.74. The standard InChI is InChI=1S/C10H15ClN4O/c1-15(6-7-3-2-4-16-7)9-8(12)5-13-10(11)14-9/h5,7H,2-4,6,12H2,1H3. The van der Waals surface area contributed by atoms with E-state index in [1.165, 1.54) is 6.20 Å². The molecule has 0 saturated carbocycles. The van der Waals surface area contributed by atoms with Gasteiger partial charge in [-0.05, 0) is 24.4 Å². The van der Waals surface area contributed by atoms with E-state index >= 15 is 0 Å². The Hall–Kier alpha value is -1.07. The summed E-state index contributed by atoms with van der Waals surface area (Å²) in [5, 5.41) is 0.211. The van der Waals surface area contributed by atoms with Crippen molar-refractivity contribution in [2.24, 2.45) is 0 Å². The molecule has 1 aliphatic heterocycles. The third kappa shape index (κ3) is 2.54. The largest absolute Gasteiger partial charge is 0.394 e. The molecule has 6 heteroatoms. The second-order valence-corrected chi connectivity index (χ2v) is 4.27. The molecule has 5 nitrogen and oxygen atoms in total. The van der Waals surface area contributed by atoms with E-state index in [4.69, 9.17) is 22.1 Å². The molecule has 1 aliphatic rings. The van der Waals surface area contributed by atoms with Gasteiger partial charge in [-0.3, -0.25) is 0 Å². The molecule has 0 amide bonds. The number of likely N-dealkylation sites (N-methyl/N-ethyl adjacent to an activating group) is 1. The van der Waals surface area contributed by atoms with Gasteiger partial charge in [0.1, 0.15) is 0 Å². The molecule has 2 rings (SSSR count). The van der Waals surface area contributed by atoms with Gasteiger partial charge in [0.2, 0.25) is 5.28 Å². The molecule has 0 spiro atoms. The molecule has 1 saturated heterocycles. The van der Waals surface area contributed by atoms with Gasteiger partial charge in [0.15, 0.2) is 5.82 Å². The smallest absolute Gasteiger partial charge is 0.224 e. The van der Waals surface area contributed by atoms with E-state index < -0.39 is 0 Å². The van der Waals surface area contributed by atoms with Crippen LogP contribution in [0.4, 0.5) is 11.5 Å². The molecule has 1 aromatic rings. The topological polar surface area (TPSA) is 64.3 Å². The Morgan fingerprint density at radius 1 is 1.69 bits per heavy atom. The number of hydrogen-bond acceptors (Lipinski definition) is 5. The summed E-state index contributed by atoms with van der Waals surface area (Å²) in [6.07, 6.45) is 4.00. The molecule has 2 heterocycles. The molecule has 16 heavy (non-hydrogen) atoms. The van der Waals surface area contributed by atoms with Crippen LogP contribution in [0.2, 0.25) is 5.28 Å². The van der Waals surface area contributed by atoms with E-state index in [1.54, 1.807) is 0 Å². The van der Waals surface area contributed by atoms with Gasteiger partial charge in [0.25, 0.3) is 0 Å². The lowest BCUT2D eigenvalue weighted by atomic mass is 10.2. The van der Waals surface area contributed by atoms with Crippen molar-refractivity contribution in [3.8, 4) is 0 Å². The summed E-state index contributed by atoms with van der Waals surface area (Å²) in [4.78, 5) is 9.90. The van der Waals surface area contributed by atoms with Crippen LogP contribution in [0.3, 0.4) is 0 Å². The number of aromatic nitrogens is 2. The summed E-state index contributed by atoms with van der Waals surface area (Å²) in [6, 6.07) is 0. The SMILES string of the molecule is CN(CC1CCCO1)c1nc(Cl)ncc1N. The fourth-order valence-electron chi connectivity index (χ4n) is 1.85. The van der Waals surface area contributed by atoms with Gasteiger partial charge >= 0.3 is 0 Å². The van der Waals surface area contributed by atoms with Crippen molar-refractivity contribution in [2.75, 3.05) is 30.8 Å². The minimum absolute atomic E-state index is 0.211. The highest BCUT2D eigenvalue weighted by atomic mass is 35.5. The summed E-state index contributed by atoms with van der Waals surface area (Å²) >= 11 is 5.74. The van der Waals surface area contributed by atoms with Crippen LogP contribution in [0.5, 0.6) is 0 Å². The Labute approximate surface area is 99.6 Å². The highest BCUT2D eigenvalue weighted by Crippen LogP contribution is 2.22. The maximum Gasteiger partial charge on any atom is 0.224 e. The first-order valence-electron chi connectivity index (χ1n) is 5.27. The van der Waals surface area contributed by atoms with Gasteiger partial charge in [-0.25, -0.2) is 4.98 Å². The predicted octanol–water partition coefficient (Wildman–Crippen LogP) is 1.33. The lowest BCUT2D eigenvalue weighted by Gasteiger charge is -2.22. The molecule has 1 aromatic heterocycles. The Balaban J connectivity index is 2.07. The summed E-state index contributed by atoms with van der Waals surface area (Å²) in [6.45, 7) is 1.62. The summed E-state index contributed by atoms with van der Waals surface area (Å²) in [5.41, 5.74) is 6.33. The molecule has 2 N–H and O–H groups in total. The van der Waals surface area contributed by atoms with E-state index in [-0.39, 0.29) is 11.4 Å². The van der Waals surface area contributed by atoms with E-state index in [1.807, 2.05) is 11.9 Å². The van der Waals surface area contributed by atoms with E-state index in [0.717, 1.165) is 26.0 Å². The van der Waals surface area contributed by atoms with Crippen LogP contribution in [-0.2, 0) is 4.74 Å². The number of nitrogens with zero attached hydrogens (tertiary/aromatic N) is 3. The van der Waals surface area contributed by atoms with Crippen LogP contribution >= 0.6 is 11.6 Å². The highest BCUT2D eigenvalue weighted by Gasteiger charge is 2.19. The van der Waals surface area contributed by atoms with E-state index in [9.17, 15) is 0 Å². The summed E-state index contributed by atoms with van der Waals surface area (Å²) in [7, 11) is 1.93. The molecule has 88 valence electrons. The molecule has 1 atom stereocenters. The number of anilines is 2. The number of nitrogens with two attached hydrogens (primary N) is 1. The summed E-state index contributed by atoms with van der Waals surface area (Å²) in [5.74, 6) is 0.663. The maximum atomic E-state index is 5.80. The van der Waals surface area contributed by atoms with Crippen LogP contribution in [0.25, 0.3) is 0 Å². The monoisotopic (exact) mass is 242 g/mol. The number of nitrogen functional groups attached to an aromatic ring is 1. The Morgan fingerprint density at radius 3 is 3.19 bits per heavy atom. The Kier molecular flexibility index (Phi) is 3.46. The van der Waals surface area contributed by atoms with Crippen molar-refractivity contribution in [3.05, 3.63) is 11.5 Å². The Morgan fingerprint density at radius 2 is 2.50 bits per heavy atom. The van der Waals surface area contributed by atoms with Crippen LogP contribution < -0.4 is 10.6 Å². The first kappa shape index (κ1) is 11.4.